The van der Waals surface area contributed by atoms with Crippen LogP contribution in [-0.4, -0.2) is 27.8 Å². The summed E-state index contributed by atoms with van der Waals surface area (Å²) in [5.41, 5.74) is 1.14. The Morgan fingerprint density at radius 2 is 2.14 bits per heavy atom. The highest BCUT2D eigenvalue weighted by Gasteiger charge is 2.34. The molecule has 1 aliphatic rings. The van der Waals surface area contributed by atoms with E-state index in [1.54, 1.807) is 0 Å². The van der Waals surface area contributed by atoms with E-state index < -0.39 is 0 Å². The molecule has 4 heteroatoms. The average Bonchev–Trinajstić information content (AvgIpc) is 2.78. The molecule has 120 valence electrons. The molecule has 0 saturated carbocycles. The Kier molecular flexibility index (Phi) is 5.31. The number of nitrogens with zero attached hydrogens (tertiary/aromatic N) is 2. The van der Waals surface area contributed by atoms with Crippen LogP contribution in [0.2, 0.25) is 0 Å². The van der Waals surface area contributed by atoms with Gasteiger partial charge in [0, 0.05) is 25.4 Å². The summed E-state index contributed by atoms with van der Waals surface area (Å²) in [5.74, 6) is 1.65. The van der Waals surface area contributed by atoms with E-state index in [4.69, 9.17) is 4.74 Å². The van der Waals surface area contributed by atoms with Gasteiger partial charge >= 0.3 is 0 Å². The van der Waals surface area contributed by atoms with Crippen LogP contribution in [0.1, 0.15) is 59.1 Å². The molecular formula is C17H31N3O. The fourth-order valence-electron chi connectivity index (χ4n) is 3.27. The molecule has 1 N–H and O–H groups in total. The molecule has 1 atom stereocenters. The number of anilines is 1. The van der Waals surface area contributed by atoms with Crippen LogP contribution in [0, 0.1) is 12.8 Å². The van der Waals surface area contributed by atoms with Crippen molar-refractivity contribution in [3.63, 3.8) is 0 Å². The zero-order chi connectivity index (χ0) is 15.5. The summed E-state index contributed by atoms with van der Waals surface area (Å²) in [6, 6.07) is 0.464. The van der Waals surface area contributed by atoms with Crippen molar-refractivity contribution in [2.75, 3.05) is 11.9 Å². The lowest BCUT2D eigenvalue weighted by atomic mass is 9.86. The van der Waals surface area contributed by atoms with Gasteiger partial charge in [0.05, 0.1) is 11.3 Å². The van der Waals surface area contributed by atoms with E-state index in [-0.39, 0.29) is 5.60 Å². The summed E-state index contributed by atoms with van der Waals surface area (Å²) in [5, 5.41) is 3.67. The Morgan fingerprint density at radius 1 is 1.43 bits per heavy atom. The largest absolute Gasteiger partial charge is 0.375 e. The Morgan fingerprint density at radius 3 is 2.76 bits per heavy atom. The van der Waals surface area contributed by atoms with Crippen LogP contribution < -0.4 is 5.32 Å². The second-order valence-corrected chi connectivity index (χ2v) is 6.82. The Labute approximate surface area is 129 Å². The van der Waals surface area contributed by atoms with Gasteiger partial charge in [-0.25, -0.2) is 4.98 Å². The molecule has 2 heterocycles. The lowest BCUT2D eigenvalue weighted by molar-refractivity contribution is -0.0865. The van der Waals surface area contributed by atoms with Crippen molar-refractivity contribution in [1.82, 2.24) is 9.55 Å². The molecule has 21 heavy (non-hydrogen) atoms. The molecule has 0 radical (unpaired) electrons. The third-order valence-electron chi connectivity index (χ3n) is 4.57. The van der Waals surface area contributed by atoms with Crippen molar-refractivity contribution in [3.05, 3.63) is 11.9 Å². The monoisotopic (exact) mass is 293 g/mol. The molecular weight excluding hydrogens is 262 g/mol. The number of rotatable bonds is 6. The zero-order valence-electron chi connectivity index (χ0n) is 14.3. The first-order valence-corrected chi connectivity index (χ1v) is 8.42. The van der Waals surface area contributed by atoms with Crippen molar-refractivity contribution in [2.45, 2.75) is 78.5 Å². The van der Waals surface area contributed by atoms with Gasteiger partial charge in [-0.2, -0.15) is 0 Å². The molecule has 2 rings (SSSR count). The highest BCUT2D eigenvalue weighted by Crippen LogP contribution is 2.32. The average molecular weight is 293 g/mol. The third kappa shape index (κ3) is 4.00. The highest BCUT2D eigenvalue weighted by atomic mass is 16.5. The number of hydrogen-bond donors (Lipinski definition) is 1. The predicted octanol–water partition coefficient (Wildman–Crippen LogP) is 4.00. The maximum Gasteiger partial charge on any atom is 0.203 e. The smallest absolute Gasteiger partial charge is 0.203 e. The topological polar surface area (TPSA) is 39.1 Å². The lowest BCUT2D eigenvalue weighted by Gasteiger charge is -2.40. The van der Waals surface area contributed by atoms with Gasteiger partial charge in [0.25, 0.3) is 0 Å². The molecule has 0 aromatic carbocycles. The second kappa shape index (κ2) is 6.82. The number of aryl methyl sites for hydroxylation is 1. The number of nitrogens with one attached hydrogen (secondary N) is 1. The Bertz CT molecular complexity index is 449. The van der Waals surface area contributed by atoms with Crippen LogP contribution in [0.15, 0.2) is 6.20 Å². The van der Waals surface area contributed by atoms with Crippen LogP contribution in [-0.2, 0) is 11.3 Å². The summed E-state index contributed by atoms with van der Waals surface area (Å²) in [7, 11) is 0. The van der Waals surface area contributed by atoms with E-state index in [0.29, 0.717) is 12.0 Å². The van der Waals surface area contributed by atoms with E-state index in [0.717, 1.165) is 50.5 Å². The summed E-state index contributed by atoms with van der Waals surface area (Å²) in [6.07, 6.45) is 6.46. The van der Waals surface area contributed by atoms with E-state index in [2.05, 4.69) is 55.7 Å². The first-order valence-electron chi connectivity index (χ1n) is 8.42. The summed E-state index contributed by atoms with van der Waals surface area (Å²) < 4.78 is 8.32. The third-order valence-corrected chi connectivity index (χ3v) is 4.57. The number of aromatic nitrogens is 2. The molecule has 4 nitrogen and oxygen atoms in total. The zero-order valence-corrected chi connectivity index (χ0v) is 14.3. The van der Waals surface area contributed by atoms with Gasteiger partial charge in [-0.3, -0.25) is 0 Å². The number of ether oxygens (including phenoxy) is 1. The summed E-state index contributed by atoms with van der Waals surface area (Å²) in [4.78, 5) is 4.67. The minimum Gasteiger partial charge on any atom is -0.375 e. The standard InChI is InChI=1S/C17H31N3O/c1-6-17(7-2)10-15(8-9-21-17)19-16-18-14(5)12-20(16)11-13(3)4/h12-13,15H,6-11H2,1-5H3,(H,18,19). The Hall–Kier alpha value is -1.03. The van der Waals surface area contributed by atoms with Crippen molar-refractivity contribution < 1.29 is 4.74 Å². The molecule has 1 aliphatic heterocycles. The van der Waals surface area contributed by atoms with Crippen LogP contribution in [0.4, 0.5) is 5.95 Å². The highest BCUT2D eigenvalue weighted by molar-refractivity contribution is 5.30. The number of imidazole rings is 1. The van der Waals surface area contributed by atoms with Crippen LogP contribution in [0.25, 0.3) is 0 Å². The van der Waals surface area contributed by atoms with E-state index >= 15 is 0 Å². The van der Waals surface area contributed by atoms with Gasteiger partial charge in [0.15, 0.2) is 0 Å². The first kappa shape index (κ1) is 16.3. The molecule has 1 aromatic rings. The van der Waals surface area contributed by atoms with Gasteiger partial charge < -0.3 is 14.6 Å². The molecule has 0 aliphatic carbocycles. The second-order valence-electron chi connectivity index (χ2n) is 6.82. The quantitative estimate of drug-likeness (QED) is 0.861. The minimum atomic E-state index is 0.0560. The molecule has 1 fully saturated rings. The SMILES string of the molecule is CCC1(CC)CC(Nc2nc(C)cn2CC(C)C)CCO1. The summed E-state index contributed by atoms with van der Waals surface area (Å²) >= 11 is 0. The maximum absolute atomic E-state index is 6.06. The molecule has 1 unspecified atom stereocenters. The fourth-order valence-corrected chi connectivity index (χ4v) is 3.27. The molecule has 0 bridgehead atoms. The van der Waals surface area contributed by atoms with Crippen molar-refractivity contribution >= 4 is 5.95 Å². The molecule has 1 saturated heterocycles. The lowest BCUT2D eigenvalue weighted by Crippen LogP contribution is -2.44. The van der Waals surface area contributed by atoms with Crippen molar-refractivity contribution in [1.29, 1.82) is 0 Å². The molecule has 1 aromatic heterocycles. The first-order chi connectivity index (χ1) is 9.98. The molecule has 0 spiro atoms. The maximum atomic E-state index is 6.06. The van der Waals surface area contributed by atoms with E-state index in [9.17, 15) is 0 Å². The molecule has 0 amide bonds. The van der Waals surface area contributed by atoms with Crippen molar-refractivity contribution in [2.24, 2.45) is 5.92 Å². The number of hydrogen-bond acceptors (Lipinski definition) is 3. The normalized spacial score (nSPS) is 21.7. The van der Waals surface area contributed by atoms with Gasteiger partial charge in [0.2, 0.25) is 5.95 Å². The minimum absolute atomic E-state index is 0.0560. The van der Waals surface area contributed by atoms with Gasteiger partial charge in [-0.05, 0) is 38.5 Å². The van der Waals surface area contributed by atoms with E-state index in [1.807, 2.05) is 0 Å². The fraction of sp³-hybridized carbons (Fsp3) is 0.824. The predicted molar refractivity (Wildman–Crippen MR) is 87.7 cm³/mol. The van der Waals surface area contributed by atoms with Gasteiger partial charge in [-0.15, -0.1) is 0 Å². The van der Waals surface area contributed by atoms with Crippen molar-refractivity contribution in [3.8, 4) is 0 Å². The Balaban J connectivity index is 2.07. The van der Waals surface area contributed by atoms with Crippen LogP contribution in [0.3, 0.4) is 0 Å². The van der Waals surface area contributed by atoms with E-state index in [1.165, 1.54) is 0 Å². The van der Waals surface area contributed by atoms with Gasteiger partial charge in [-0.1, -0.05) is 27.7 Å². The van der Waals surface area contributed by atoms with Gasteiger partial charge in [0.1, 0.15) is 0 Å². The van der Waals surface area contributed by atoms with Crippen LogP contribution in [0.5, 0.6) is 0 Å². The van der Waals surface area contributed by atoms with Crippen LogP contribution >= 0.6 is 0 Å². The summed E-state index contributed by atoms with van der Waals surface area (Å²) in [6.45, 7) is 12.9.